The number of benzene rings is 1. The fraction of sp³-hybridized carbons (Fsp3) is 0.143. The number of hydrogen-bond donors (Lipinski definition) is 1. The number of nitrogens with two attached hydrogens (primary N) is 1. The van der Waals surface area contributed by atoms with Gasteiger partial charge >= 0.3 is 0 Å². The first kappa shape index (κ1) is 12.1. The Kier molecular flexibility index (Phi) is 3.28. The molecule has 1 amide bonds. The normalized spacial score (nSPS) is 10.3. The van der Waals surface area contributed by atoms with Crippen molar-refractivity contribution in [2.75, 3.05) is 19.3 Å². The van der Waals surface area contributed by atoms with Gasteiger partial charge in [0.1, 0.15) is 5.69 Å². The van der Waals surface area contributed by atoms with E-state index < -0.39 is 0 Å². The first-order valence-electron chi connectivity index (χ1n) is 5.65. The highest BCUT2D eigenvalue weighted by atomic mass is 16.2. The van der Waals surface area contributed by atoms with E-state index in [1.165, 1.54) is 0 Å². The van der Waals surface area contributed by atoms with Gasteiger partial charge in [0, 0.05) is 24.7 Å². The van der Waals surface area contributed by atoms with Crippen molar-refractivity contribution in [2.24, 2.45) is 0 Å². The number of amides is 1. The first-order chi connectivity index (χ1) is 8.63. The monoisotopic (exact) mass is 241 g/mol. The maximum absolute atomic E-state index is 12.1. The van der Waals surface area contributed by atoms with Gasteiger partial charge in [-0.25, -0.2) is 4.98 Å². The molecule has 0 spiro atoms. The van der Waals surface area contributed by atoms with Crippen LogP contribution in [0.2, 0.25) is 0 Å². The molecule has 0 bridgehead atoms. The van der Waals surface area contributed by atoms with E-state index in [-0.39, 0.29) is 5.91 Å². The molecule has 2 aromatic rings. The number of rotatable bonds is 3. The molecule has 18 heavy (non-hydrogen) atoms. The predicted molar refractivity (Wildman–Crippen MR) is 73.3 cm³/mol. The topological polar surface area (TPSA) is 59.2 Å². The lowest BCUT2D eigenvalue weighted by molar-refractivity contribution is 0.0805. The third kappa shape index (κ3) is 2.18. The molecule has 0 aliphatic carbocycles. The summed E-state index contributed by atoms with van der Waals surface area (Å²) in [4.78, 5) is 18.0. The van der Waals surface area contributed by atoms with Crippen LogP contribution >= 0.6 is 0 Å². The number of carbonyl (C=O) groups is 1. The number of hydrogen-bond acceptors (Lipinski definition) is 3. The largest absolute Gasteiger partial charge is 0.398 e. The molecule has 0 unspecified atom stereocenters. The van der Waals surface area contributed by atoms with Gasteiger partial charge < -0.3 is 10.6 Å². The second-order valence-corrected chi connectivity index (χ2v) is 4.09. The van der Waals surface area contributed by atoms with Crippen molar-refractivity contribution in [1.82, 2.24) is 9.88 Å². The Morgan fingerprint density at radius 2 is 2.22 bits per heavy atom. The van der Waals surface area contributed by atoms with Gasteiger partial charge in [-0.15, -0.1) is 6.58 Å². The van der Waals surface area contributed by atoms with Crippen LogP contribution in [-0.4, -0.2) is 29.4 Å². The van der Waals surface area contributed by atoms with E-state index in [9.17, 15) is 4.79 Å². The van der Waals surface area contributed by atoms with Crippen LogP contribution in [0.3, 0.4) is 0 Å². The Morgan fingerprint density at radius 3 is 2.94 bits per heavy atom. The molecule has 0 radical (unpaired) electrons. The number of para-hydroxylation sites is 1. The highest BCUT2D eigenvalue weighted by Gasteiger charge is 2.14. The standard InChI is InChI=1S/C14H15N3O/c1-3-8-17(2)14(18)13-9-11(15)10-6-4-5-7-12(10)16-13/h3-7,9H,1,8H2,2H3,(H2,15,16). The number of likely N-dealkylation sites (N-methyl/N-ethyl adjacent to an activating group) is 1. The van der Waals surface area contributed by atoms with Crippen LogP contribution in [0.4, 0.5) is 5.69 Å². The molecular weight excluding hydrogens is 226 g/mol. The van der Waals surface area contributed by atoms with Gasteiger partial charge in [-0.1, -0.05) is 24.3 Å². The van der Waals surface area contributed by atoms with Crippen LogP contribution in [0.5, 0.6) is 0 Å². The predicted octanol–water partition coefficient (Wildman–Crippen LogP) is 2.08. The molecule has 92 valence electrons. The molecular formula is C14H15N3O. The molecule has 0 saturated heterocycles. The van der Waals surface area contributed by atoms with E-state index in [1.54, 1.807) is 24.1 Å². The van der Waals surface area contributed by atoms with E-state index >= 15 is 0 Å². The van der Waals surface area contributed by atoms with Crippen molar-refractivity contribution in [2.45, 2.75) is 0 Å². The Hall–Kier alpha value is -2.36. The fourth-order valence-corrected chi connectivity index (χ4v) is 1.78. The van der Waals surface area contributed by atoms with Gasteiger partial charge in [-0.3, -0.25) is 4.79 Å². The average Bonchev–Trinajstić information content (AvgIpc) is 2.38. The molecule has 1 aromatic carbocycles. The maximum Gasteiger partial charge on any atom is 0.272 e. The maximum atomic E-state index is 12.1. The van der Waals surface area contributed by atoms with Crippen LogP contribution in [-0.2, 0) is 0 Å². The molecule has 0 aliphatic rings. The number of fused-ring (bicyclic) bond motifs is 1. The molecule has 0 atom stereocenters. The summed E-state index contributed by atoms with van der Waals surface area (Å²) >= 11 is 0. The SMILES string of the molecule is C=CCN(C)C(=O)c1cc(N)c2ccccc2n1. The first-order valence-corrected chi connectivity index (χ1v) is 5.65. The number of anilines is 1. The Morgan fingerprint density at radius 1 is 1.50 bits per heavy atom. The second-order valence-electron chi connectivity index (χ2n) is 4.09. The molecule has 0 saturated carbocycles. The fourth-order valence-electron chi connectivity index (χ4n) is 1.78. The summed E-state index contributed by atoms with van der Waals surface area (Å²) in [5, 5.41) is 0.862. The lowest BCUT2D eigenvalue weighted by Crippen LogP contribution is -2.27. The minimum absolute atomic E-state index is 0.160. The van der Waals surface area contributed by atoms with Crippen LogP contribution in [0.15, 0.2) is 43.0 Å². The molecule has 1 aromatic heterocycles. The van der Waals surface area contributed by atoms with Crippen LogP contribution in [0.25, 0.3) is 10.9 Å². The molecule has 0 fully saturated rings. The zero-order chi connectivity index (χ0) is 13.1. The average molecular weight is 241 g/mol. The van der Waals surface area contributed by atoms with E-state index in [2.05, 4.69) is 11.6 Å². The number of nitrogens with zero attached hydrogens (tertiary/aromatic N) is 2. The lowest BCUT2D eigenvalue weighted by Gasteiger charge is -2.15. The number of carbonyl (C=O) groups excluding carboxylic acids is 1. The zero-order valence-corrected chi connectivity index (χ0v) is 10.3. The Balaban J connectivity index is 2.46. The van der Waals surface area contributed by atoms with Crippen molar-refractivity contribution in [3.63, 3.8) is 0 Å². The molecule has 4 heteroatoms. The molecule has 4 nitrogen and oxygen atoms in total. The van der Waals surface area contributed by atoms with E-state index in [4.69, 9.17) is 5.73 Å². The van der Waals surface area contributed by atoms with Crippen LogP contribution in [0.1, 0.15) is 10.5 Å². The van der Waals surface area contributed by atoms with Crippen molar-refractivity contribution < 1.29 is 4.79 Å². The Bertz CT molecular complexity index is 607. The van der Waals surface area contributed by atoms with E-state index in [0.29, 0.717) is 17.9 Å². The van der Waals surface area contributed by atoms with Crippen molar-refractivity contribution in [1.29, 1.82) is 0 Å². The van der Waals surface area contributed by atoms with Crippen molar-refractivity contribution in [3.8, 4) is 0 Å². The van der Waals surface area contributed by atoms with Crippen LogP contribution in [0, 0.1) is 0 Å². The summed E-state index contributed by atoms with van der Waals surface area (Å²) in [6.45, 7) is 4.08. The third-order valence-electron chi connectivity index (χ3n) is 2.72. The summed E-state index contributed by atoms with van der Waals surface area (Å²) in [5.74, 6) is -0.160. The van der Waals surface area contributed by atoms with Gasteiger partial charge in [0.05, 0.1) is 5.52 Å². The van der Waals surface area contributed by atoms with Crippen LogP contribution < -0.4 is 5.73 Å². The van der Waals surface area contributed by atoms with Crippen molar-refractivity contribution in [3.05, 3.63) is 48.7 Å². The minimum Gasteiger partial charge on any atom is -0.398 e. The summed E-state index contributed by atoms with van der Waals surface area (Å²) < 4.78 is 0. The number of nitrogen functional groups attached to an aromatic ring is 1. The lowest BCUT2D eigenvalue weighted by atomic mass is 10.1. The minimum atomic E-state index is -0.160. The number of pyridine rings is 1. The summed E-state index contributed by atoms with van der Waals surface area (Å²) in [6.07, 6.45) is 1.67. The quantitative estimate of drug-likeness (QED) is 0.837. The molecule has 2 rings (SSSR count). The highest BCUT2D eigenvalue weighted by Crippen LogP contribution is 2.20. The molecule has 2 N–H and O–H groups in total. The second kappa shape index (κ2) is 4.87. The van der Waals surface area contributed by atoms with Gasteiger partial charge in [-0.05, 0) is 12.1 Å². The highest BCUT2D eigenvalue weighted by molar-refractivity contribution is 5.99. The van der Waals surface area contributed by atoms with Gasteiger partial charge in [0.2, 0.25) is 0 Å². The van der Waals surface area contributed by atoms with Gasteiger partial charge in [-0.2, -0.15) is 0 Å². The van der Waals surface area contributed by atoms with Gasteiger partial charge in [0.15, 0.2) is 0 Å². The summed E-state index contributed by atoms with van der Waals surface area (Å²) in [6, 6.07) is 9.11. The summed E-state index contributed by atoms with van der Waals surface area (Å²) in [7, 11) is 1.71. The zero-order valence-electron chi connectivity index (χ0n) is 10.3. The summed E-state index contributed by atoms with van der Waals surface area (Å²) in [5.41, 5.74) is 7.59. The molecule has 0 aliphatic heterocycles. The van der Waals surface area contributed by atoms with Crippen molar-refractivity contribution >= 4 is 22.5 Å². The molecule has 1 heterocycles. The van der Waals surface area contributed by atoms with E-state index in [0.717, 1.165) is 10.9 Å². The van der Waals surface area contributed by atoms with E-state index in [1.807, 2.05) is 24.3 Å². The Labute approximate surface area is 106 Å². The van der Waals surface area contributed by atoms with Gasteiger partial charge in [0.25, 0.3) is 5.91 Å². The number of aromatic nitrogens is 1. The third-order valence-corrected chi connectivity index (χ3v) is 2.72. The smallest absolute Gasteiger partial charge is 0.272 e.